The largest absolute Gasteiger partial charge is 0.395 e. The van der Waals surface area contributed by atoms with E-state index < -0.39 is 10.8 Å². The van der Waals surface area contributed by atoms with Crippen LogP contribution in [0.15, 0.2) is 11.1 Å². The second kappa shape index (κ2) is 11.1. The fraction of sp³-hybridized carbons (Fsp3) is 0.714. The van der Waals surface area contributed by atoms with E-state index in [1.54, 1.807) is 6.20 Å². The molecule has 0 spiro atoms. The lowest BCUT2D eigenvalue weighted by Gasteiger charge is -2.15. The van der Waals surface area contributed by atoms with Crippen LogP contribution in [0, 0.1) is 5.92 Å². The second-order valence-corrected chi connectivity index (χ2v) is 6.45. The summed E-state index contributed by atoms with van der Waals surface area (Å²) in [7, 11) is 0.972. The maximum Gasteiger partial charge on any atom is 0.222 e. The van der Waals surface area contributed by atoms with Crippen LogP contribution in [0.3, 0.4) is 0 Å². The molecule has 1 aromatic heterocycles. The number of hydrogen-bond donors (Lipinski definition) is 2. The van der Waals surface area contributed by atoms with Crippen LogP contribution in [0.5, 0.6) is 0 Å². The van der Waals surface area contributed by atoms with Gasteiger partial charge in [0.05, 0.1) is 28.0 Å². The molecular weight excluding hydrogens is 310 g/mol. The number of aliphatic hydroxyl groups is 1. The molecule has 2 rings (SSSR count). The van der Waals surface area contributed by atoms with E-state index in [0.717, 1.165) is 17.0 Å². The van der Waals surface area contributed by atoms with Crippen molar-refractivity contribution in [2.24, 2.45) is 5.92 Å². The fourth-order valence-electron chi connectivity index (χ4n) is 1.69. The average molecular weight is 336 g/mol. The SMILES string of the molecule is CC.CNC(CO)C(C)C.O=S1CCc2nc(Cl)ncc21. The number of halogens is 1. The lowest BCUT2D eigenvalue weighted by atomic mass is 10.1. The Hall–Kier alpha value is -0.560. The van der Waals surface area contributed by atoms with Gasteiger partial charge >= 0.3 is 0 Å². The fourth-order valence-corrected chi connectivity index (χ4v) is 3.02. The number of hydrogen-bond acceptors (Lipinski definition) is 5. The molecule has 1 aliphatic heterocycles. The molecule has 0 aromatic carbocycles. The van der Waals surface area contributed by atoms with Gasteiger partial charge in [-0.2, -0.15) is 0 Å². The highest BCUT2D eigenvalue weighted by molar-refractivity contribution is 7.85. The molecule has 0 saturated heterocycles. The number of fused-ring (bicyclic) bond motifs is 1. The molecular formula is C14H26ClN3O2S. The molecule has 0 aliphatic carbocycles. The number of rotatable bonds is 3. The van der Waals surface area contributed by atoms with Gasteiger partial charge in [-0.05, 0) is 24.6 Å². The minimum atomic E-state index is -0.890. The summed E-state index contributed by atoms with van der Waals surface area (Å²) < 4.78 is 11.2. The second-order valence-electron chi connectivity index (χ2n) is 4.57. The maximum atomic E-state index is 11.2. The van der Waals surface area contributed by atoms with Crippen molar-refractivity contribution in [3.63, 3.8) is 0 Å². The van der Waals surface area contributed by atoms with Gasteiger partial charge in [0.15, 0.2) is 0 Å². The zero-order chi connectivity index (χ0) is 16.4. The summed E-state index contributed by atoms with van der Waals surface area (Å²) in [6.07, 6.45) is 2.30. The zero-order valence-electron chi connectivity index (χ0n) is 13.4. The first-order valence-electron chi connectivity index (χ1n) is 7.17. The lowest BCUT2D eigenvalue weighted by molar-refractivity contribution is 0.218. The first-order valence-corrected chi connectivity index (χ1v) is 8.87. The highest BCUT2D eigenvalue weighted by atomic mass is 35.5. The van der Waals surface area contributed by atoms with Crippen LogP contribution in [-0.2, 0) is 17.2 Å². The molecule has 2 atom stereocenters. The van der Waals surface area contributed by atoms with Gasteiger partial charge < -0.3 is 10.4 Å². The van der Waals surface area contributed by atoms with Gasteiger partial charge in [-0.25, -0.2) is 9.97 Å². The standard InChI is InChI=1S/C6H5ClN2OS.C6H15NO.C2H6/c7-6-8-3-5-4(9-6)1-2-11(5)10;1-5(2)6(4-8)7-3;1-2/h3H,1-2H2;5-8H,4H2,1-3H3;1-2H3. The number of nitrogens with one attached hydrogen (secondary N) is 1. The summed E-state index contributed by atoms with van der Waals surface area (Å²) in [6.45, 7) is 8.39. The molecule has 0 saturated carbocycles. The van der Waals surface area contributed by atoms with Crippen molar-refractivity contribution in [3.05, 3.63) is 17.2 Å². The van der Waals surface area contributed by atoms with Crippen molar-refractivity contribution in [1.82, 2.24) is 15.3 Å². The van der Waals surface area contributed by atoms with E-state index >= 15 is 0 Å². The molecule has 21 heavy (non-hydrogen) atoms. The monoisotopic (exact) mass is 335 g/mol. The van der Waals surface area contributed by atoms with E-state index in [1.165, 1.54) is 0 Å². The van der Waals surface area contributed by atoms with Crippen molar-refractivity contribution in [2.75, 3.05) is 19.4 Å². The summed E-state index contributed by atoms with van der Waals surface area (Å²) in [5.74, 6) is 1.18. The molecule has 0 fully saturated rings. The van der Waals surface area contributed by atoms with Gasteiger partial charge in [0.25, 0.3) is 0 Å². The summed E-state index contributed by atoms with van der Waals surface area (Å²) in [4.78, 5) is 8.47. The predicted molar refractivity (Wildman–Crippen MR) is 88.1 cm³/mol. The number of nitrogens with zero attached hydrogens (tertiary/aromatic N) is 2. The first kappa shape index (κ1) is 20.4. The Morgan fingerprint density at radius 2 is 2.10 bits per heavy atom. The number of aromatic nitrogens is 2. The summed E-state index contributed by atoms with van der Waals surface area (Å²) >= 11 is 5.55. The molecule has 0 bridgehead atoms. The van der Waals surface area contributed by atoms with Crippen molar-refractivity contribution in [3.8, 4) is 0 Å². The van der Waals surface area contributed by atoms with Gasteiger partial charge in [0, 0.05) is 24.4 Å². The van der Waals surface area contributed by atoms with E-state index in [4.69, 9.17) is 16.7 Å². The number of likely N-dealkylation sites (N-methyl/N-ethyl adjacent to an activating group) is 1. The third kappa shape index (κ3) is 6.82. The normalized spacial score (nSPS) is 17.2. The summed E-state index contributed by atoms with van der Waals surface area (Å²) in [5, 5.41) is 11.9. The van der Waals surface area contributed by atoms with Crippen molar-refractivity contribution in [2.45, 2.75) is 45.1 Å². The molecule has 1 aromatic rings. The van der Waals surface area contributed by atoms with Crippen LogP contribution in [-0.4, -0.2) is 44.7 Å². The molecule has 1 aliphatic rings. The Balaban J connectivity index is 0.000000358. The zero-order valence-corrected chi connectivity index (χ0v) is 15.0. The number of aryl methyl sites for hydroxylation is 1. The van der Waals surface area contributed by atoms with Crippen LogP contribution < -0.4 is 5.32 Å². The Morgan fingerprint density at radius 3 is 2.52 bits per heavy atom. The molecule has 2 unspecified atom stereocenters. The minimum Gasteiger partial charge on any atom is -0.395 e. The van der Waals surface area contributed by atoms with Gasteiger partial charge in [0.2, 0.25) is 5.28 Å². The molecule has 2 heterocycles. The highest BCUT2D eigenvalue weighted by Crippen LogP contribution is 2.20. The van der Waals surface area contributed by atoms with Gasteiger partial charge in [-0.15, -0.1) is 0 Å². The first-order chi connectivity index (χ1) is 9.99. The molecule has 0 radical (unpaired) electrons. The Kier molecular flexibility index (Phi) is 10.8. The predicted octanol–water partition coefficient (Wildman–Crippen LogP) is 2.04. The van der Waals surface area contributed by atoms with Crippen molar-refractivity contribution in [1.29, 1.82) is 0 Å². The Morgan fingerprint density at radius 1 is 1.48 bits per heavy atom. The van der Waals surface area contributed by atoms with Crippen LogP contribution in [0.4, 0.5) is 0 Å². The van der Waals surface area contributed by atoms with E-state index in [0.29, 0.717) is 11.7 Å². The van der Waals surface area contributed by atoms with E-state index in [1.807, 2.05) is 20.9 Å². The number of aliphatic hydroxyl groups excluding tert-OH is 1. The molecule has 0 amide bonds. The smallest absolute Gasteiger partial charge is 0.222 e. The van der Waals surface area contributed by atoms with E-state index in [2.05, 4.69) is 29.1 Å². The Bertz CT molecular complexity index is 440. The van der Waals surface area contributed by atoms with Crippen LogP contribution in [0.1, 0.15) is 33.4 Å². The Labute approximate surface area is 135 Å². The van der Waals surface area contributed by atoms with E-state index in [-0.39, 0.29) is 17.9 Å². The van der Waals surface area contributed by atoms with Gasteiger partial charge in [-0.3, -0.25) is 4.21 Å². The summed E-state index contributed by atoms with van der Waals surface area (Å²) in [6, 6.07) is 0.259. The highest BCUT2D eigenvalue weighted by Gasteiger charge is 2.19. The van der Waals surface area contributed by atoms with Crippen molar-refractivity contribution >= 4 is 22.4 Å². The molecule has 7 heteroatoms. The van der Waals surface area contributed by atoms with Crippen molar-refractivity contribution < 1.29 is 9.32 Å². The minimum absolute atomic E-state index is 0.230. The maximum absolute atomic E-state index is 11.2. The lowest BCUT2D eigenvalue weighted by Crippen LogP contribution is -2.33. The van der Waals surface area contributed by atoms with Gasteiger partial charge in [0.1, 0.15) is 0 Å². The molecule has 122 valence electrons. The third-order valence-electron chi connectivity index (χ3n) is 2.94. The average Bonchev–Trinajstić information content (AvgIpc) is 2.83. The van der Waals surface area contributed by atoms with Crippen LogP contribution >= 0.6 is 11.6 Å². The molecule has 5 nitrogen and oxygen atoms in total. The van der Waals surface area contributed by atoms with Gasteiger partial charge in [-0.1, -0.05) is 27.7 Å². The van der Waals surface area contributed by atoms with Crippen LogP contribution in [0.25, 0.3) is 0 Å². The third-order valence-corrected chi connectivity index (χ3v) is 4.53. The van der Waals surface area contributed by atoms with Crippen LogP contribution in [0.2, 0.25) is 5.28 Å². The van der Waals surface area contributed by atoms with E-state index in [9.17, 15) is 4.21 Å². The summed E-state index contributed by atoms with van der Waals surface area (Å²) in [5.41, 5.74) is 0.836. The quantitative estimate of drug-likeness (QED) is 0.827. The topological polar surface area (TPSA) is 75.1 Å². The molecule has 2 N–H and O–H groups in total.